The van der Waals surface area contributed by atoms with Crippen LogP contribution in [0.1, 0.15) is 12.5 Å². The maximum Gasteiger partial charge on any atom is 0.282 e. The van der Waals surface area contributed by atoms with E-state index < -0.39 is 15.8 Å². The fraction of sp³-hybridized carbons (Fsp3) is 0.0588. The molecule has 9 heteroatoms. The SMILES string of the molecule is CC1=NC(=Cc2ccc([N+](=O)[O-])cc2)C(=O)N1c1cccc([N+](=O)[O-])c1. The number of aliphatic imine (C=N–C) groups is 1. The van der Waals surface area contributed by atoms with Gasteiger partial charge in [-0.2, -0.15) is 0 Å². The highest BCUT2D eigenvalue weighted by Crippen LogP contribution is 2.28. The minimum Gasteiger partial charge on any atom is -0.266 e. The smallest absolute Gasteiger partial charge is 0.266 e. The Morgan fingerprint density at radius 1 is 1.00 bits per heavy atom. The minimum atomic E-state index is -0.538. The lowest BCUT2D eigenvalue weighted by atomic mass is 10.1. The molecule has 3 rings (SSSR count). The monoisotopic (exact) mass is 352 g/mol. The van der Waals surface area contributed by atoms with Gasteiger partial charge in [0.25, 0.3) is 17.3 Å². The normalized spacial score (nSPS) is 15.3. The predicted octanol–water partition coefficient (Wildman–Crippen LogP) is 3.31. The number of amidine groups is 1. The molecule has 2 aromatic carbocycles. The molecule has 0 fully saturated rings. The van der Waals surface area contributed by atoms with Gasteiger partial charge in [0.2, 0.25) is 0 Å². The molecule has 0 atom stereocenters. The summed E-state index contributed by atoms with van der Waals surface area (Å²) < 4.78 is 0. The maximum absolute atomic E-state index is 12.6. The van der Waals surface area contributed by atoms with Crippen LogP contribution in [0, 0.1) is 20.2 Å². The first-order chi connectivity index (χ1) is 12.4. The summed E-state index contributed by atoms with van der Waals surface area (Å²) in [4.78, 5) is 38.7. The van der Waals surface area contributed by atoms with E-state index in [1.807, 2.05) is 0 Å². The summed E-state index contributed by atoms with van der Waals surface area (Å²) in [7, 11) is 0. The predicted molar refractivity (Wildman–Crippen MR) is 94.8 cm³/mol. The highest BCUT2D eigenvalue weighted by atomic mass is 16.6. The number of amides is 1. The molecule has 0 saturated carbocycles. The van der Waals surface area contributed by atoms with Gasteiger partial charge in [-0.15, -0.1) is 0 Å². The van der Waals surface area contributed by atoms with E-state index in [-0.39, 0.29) is 17.1 Å². The van der Waals surface area contributed by atoms with Gasteiger partial charge in [-0.1, -0.05) is 6.07 Å². The topological polar surface area (TPSA) is 119 Å². The van der Waals surface area contributed by atoms with Gasteiger partial charge < -0.3 is 0 Å². The summed E-state index contributed by atoms with van der Waals surface area (Å²) in [5.41, 5.74) is 0.885. The molecular formula is C17H12N4O5. The number of rotatable bonds is 4. The van der Waals surface area contributed by atoms with Crippen molar-refractivity contribution in [2.75, 3.05) is 4.90 Å². The van der Waals surface area contributed by atoms with E-state index in [1.165, 1.54) is 53.4 Å². The molecule has 0 aromatic heterocycles. The molecule has 26 heavy (non-hydrogen) atoms. The van der Waals surface area contributed by atoms with Crippen molar-refractivity contribution in [3.8, 4) is 0 Å². The van der Waals surface area contributed by atoms with Crippen LogP contribution in [0.3, 0.4) is 0 Å². The summed E-state index contributed by atoms with van der Waals surface area (Å²) >= 11 is 0. The van der Waals surface area contributed by atoms with Crippen LogP contribution in [0.5, 0.6) is 0 Å². The minimum absolute atomic E-state index is 0.0530. The number of nitro benzene ring substituents is 2. The number of carbonyl (C=O) groups excluding carboxylic acids is 1. The quantitative estimate of drug-likeness (QED) is 0.475. The molecule has 0 bridgehead atoms. The van der Waals surface area contributed by atoms with Crippen molar-refractivity contribution in [1.29, 1.82) is 0 Å². The third-order valence-corrected chi connectivity index (χ3v) is 3.73. The van der Waals surface area contributed by atoms with E-state index in [9.17, 15) is 25.0 Å². The molecule has 0 radical (unpaired) electrons. The highest BCUT2D eigenvalue weighted by Gasteiger charge is 2.29. The Labute approximate surface area is 147 Å². The molecule has 1 aliphatic heterocycles. The van der Waals surface area contributed by atoms with Crippen molar-refractivity contribution < 1.29 is 14.6 Å². The zero-order valence-electron chi connectivity index (χ0n) is 13.5. The van der Waals surface area contributed by atoms with Crippen LogP contribution < -0.4 is 4.90 Å². The summed E-state index contributed by atoms with van der Waals surface area (Å²) in [6, 6.07) is 11.4. The molecule has 1 heterocycles. The van der Waals surface area contributed by atoms with Gasteiger partial charge >= 0.3 is 0 Å². The zero-order valence-corrected chi connectivity index (χ0v) is 13.5. The Balaban J connectivity index is 1.91. The second-order valence-corrected chi connectivity index (χ2v) is 5.45. The number of anilines is 1. The van der Waals surface area contributed by atoms with Crippen LogP contribution in [0.4, 0.5) is 17.1 Å². The first-order valence-electron chi connectivity index (χ1n) is 7.47. The molecule has 0 saturated heterocycles. The molecule has 0 N–H and O–H groups in total. The second-order valence-electron chi connectivity index (χ2n) is 5.45. The lowest BCUT2D eigenvalue weighted by Crippen LogP contribution is -2.30. The molecule has 0 unspecified atom stereocenters. The number of nitro groups is 2. The molecule has 1 aliphatic rings. The number of non-ortho nitro benzene ring substituents is 2. The van der Waals surface area contributed by atoms with Crippen molar-refractivity contribution in [1.82, 2.24) is 0 Å². The summed E-state index contributed by atoms with van der Waals surface area (Å²) in [6.07, 6.45) is 1.51. The average Bonchev–Trinajstić information content (AvgIpc) is 2.89. The second kappa shape index (κ2) is 6.55. The molecular weight excluding hydrogens is 340 g/mol. The summed E-state index contributed by atoms with van der Waals surface area (Å²) in [6.45, 7) is 1.62. The zero-order chi connectivity index (χ0) is 18.8. The van der Waals surface area contributed by atoms with Crippen molar-refractivity contribution in [3.63, 3.8) is 0 Å². The van der Waals surface area contributed by atoms with Crippen LogP contribution >= 0.6 is 0 Å². The summed E-state index contributed by atoms with van der Waals surface area (Å²) in [5, 5.41) is 21.6. The van der Waals surface area contributed by atoms with Gasteiger partial charge in [-0.3, -0.25) is 29.9 Å². The number of hydrogen-bond acceptors (Lipinski definition) is 6. The number of nitrogens with zero attached hydrogens (tertiary/aromatic N) is 4. The summed E-state index contributed by atoms with van der Waals surface area (Å²) in [5.74, 6) is -0.0509. The largest absolute Gasteiger partial charge is 0.282 e. The Bertz CT molecular complexity index is 979. The number of carbonyl (C=O) groups is 1. The van der Waals surface area contributed by atoms with Crippen LogP contribution in [0.25, 0.3) is 6.08 Å². The lowest BCUT2D eigenvalue weighted by Gasteiger charge is -2.15. The van der Waals surface area contributed by atoms with Gasteiger partial charge in [0, 0.05) is 24.3 Å². The van der Waals surface area contributed by atoms with Crippen molar-refractivity contribution >= 4 is 34.9 Å². The molecule has 130 valence electrons. The molecule has 1 amide bonds. The van der Waals surface area contributed by atoms with Crippen LogP contribution in [0.2, 0.25) is 0 Å². The van der Waals surface area contributed by atoms with Gasteiger partial charge in [0.05, 0.1) is 15.5 Å². The van der Waals surface area contributed by atoms with E-state index in [0.29, 0.717) is 17.1 Å². The van der Waals surface area contributed by atoms with Gasteiger partial charge in [0.1, 0.15) is 11.5 Å². The Hall–Kier alpha value is -3.88. The van der Waals surface area contributed by atoms with E-state index in [2.05, 4.69) is 4.99 Å². The third-order valence-electron chi connectivity index (χ3n) is 3.73. The standard InChI is InChI=1S/C17H12N4O5/c1-11-18-16(9-12-5-7-13(8-6-12)20(23)24)17(22)19(11)14-3-2-4-15(10-14)21(25)26/h2-10H,1H3. The maximum atomic E-state index is 12.6. The van der Waals surface area contributed by atoms with E-state index >= 15 is 0 Å². The lowest BCUT2D eigenvalue weighted by molar-refractivity contribution is -0.385. The number of benzene rings is 2. The molecule has 9 nitrogen and oxygen atoms in total. The Kier molecular flexibility index (Phi) is 4.27. The van der Waals surface area contributed by atoms with E-state index in [1.54, 1.807) is 13.0 Å². The molecule has 2 aromatic rings. The number of hydrogen-bond donors (Lipinski definition) is 0. The fourth-order valence-electron chi connectivity index (χ4n) is 2.53. The van der Waals surface area contributed by atoms with Crippen LogP contribution in [-0.2, 0) is 4.79 Å². The molecule has 0 aliphatic carbocycles. The molecule has 0 spiro atoms. The Morgan fingerprint density at radius 2 is 1.65 bits per heavy atom. The van der Waals surface area contributed by atoms with Crippen LogP contribution in [-0.4, -0.2) is 21.6 Å². The van der Waals surface area contributed by atoms with Gasteiger partial charge in [-0.05, 0) is 36.8 Å². The van der Waals surface area contributed by atoms with Gasteiger partial charge in [0.15, 0.2) is 0 Å². The van der Waals surface area contributed by atoms with Crippen molar-refractivity contribution in [3.05, 3.63) is 80.0 Å². The first kappa shape index (κ1) is 17.0. The average molecular weight is 352 g/mol. The Morgan fingerprint density at radius 3 is 2.27 bits per heavy atom. The first-order valence-corrected chi connectivity index (χ1v) is 7.47. The van der Waals surface area contributed by atoms with Crippen LogP contribution in [0.15, 0.2) is 59.2 Å². The fourth-order valence-corrected chi connectivity index (χ4v) is 2.53. The van der Waals surface area contributed by atoms with E-state index in [0.717, 1.165) is 0 Å². The van der Waals surface area contributed by atoms with Crippen molar-refractivity contribution in [2.24, 2.45) is 4.99 Å². The van der Waals surface area contributed by atoms with Gasteiger partial charge in [-0.25, -0.2) is 4.99 Å². The van der Waals surface area contributed by atoms with Crippen molar-refractivity contribution in [2.45, 2.75) is 6.92 Å². The van der Waals surface area contributed by atoms with E-state index in [4.69, 9.17) is 0 Å². The highest BCUT2D eigenvalue weighted by molar-refractivity contribution is 6.28. The third kappa shape index (κ3) is 3.18.